The average molecular weight is 1050 g/mol. The number of carboxylic acid groups (broad SMARTS) is 2. The molecule has 23 heteroatoms. The monoisotopic (exact) mass is 1050 g/mol. The van der Waals surface area contributed by atoms with Gasteiger partial charge < -0.3 is 61.3 Å². The van der Waals surface area contributed by atoms with Crippen LogP contribution in [0.4, 0.5) is 0 Å². The van der Waals surface area contributed by atoms with Crippen molar-refractivity contribution < 1.29 is 82.2 Å². The Hall–Kier alpha value is -4.39. The minimum Gasteiger partial charge on any atom is -0.481 e. The standard InChI is InChI=1S/C44H76N4O16S.C4H9NO.CH4/c1-3-34(38(52)27-35(28-49)33(2)50)31-65-32-42(56)46-19-18-45-40(54)29-64-26-24-62-22-20-47-41(55)30-63-25-23-61-21-12-13-36(51)16-17-37(44(59)60)48-39(53)14-10-8-6-4-5-7-9-11-15-43(57)58;1-3(5)4(2)6;/h34-35,37,49H,3-32H2,1-2H3,(H,45,54)(H,46,56)(H,47,55)(H,48,53)(H,57,58)(H,59,60);3H,5H2,1-2H3;1H4/t34-,35-,37-;3-;/m00./s1. The van der Waals surface area contributed by atoms with Crippen LogP contribution in [0.3, 0.4) is 0 Å². The van der Waals surface area contributed by atoms with Crippen molar-refractivity contribution in [2.45, 2.75) is 150 Å². The molecule has 0 heterocycles. The summed E-state index contributed by atoms with van der Waals surface area (Å²) in [6.45, 7) is 7.49. The van der Waals surface area contributed by atoms with Gasteiger partial charge in [0, 0.05) is 75.9 Å². The highest BCUT2D eigenvalue weighted by molar-refractivity contribution is 7.99. The fraction of sp³-hybridized carbons (Fsp3) is 0.796. The number of hydrogen-bond donors (Lipinski definition) is 8. The lowest BCUT2D eigenvalue weighted by Gasteiger charge is -2.16. The third-order valence-corrected chi connectivity index (χ3v) is 11.7. The Kier molecular flexibility index (Phi) is 48.8. The smallest absolute Gasteiger partial charge is 0.326 e. The van der Waals surface area contributed by atoms with Crippen LogP contribution in [0, 0.1) is 11.8 Å². The Morgan fingerprint density at radius 1 is 0.583 bits per heavy atom. The average Bonchev–Trinajstić information content (AvgIpc) is 3.31. The minimum atomic E-state index is -1.19. The van der Waals surface area contributed by atoms with Crippen LogP contribution in [0.5, 0.6) is 0 Å². The Labute approximate surface area is 430 Å². The molecule has 0 aliphatic carbocycles. The number of nitrogens with two attached hydrogens (primary N) is 1. The van der Waals surface area contributed by atoms with E-state index < -0.39 is 23.9 Å². The fourth-order valence-electron chi connectivity index (χ4n) is 6.02. The largest absolute Gasteiger partial charge is 0.481 e. The summed E-state index contributed by atoms with van der Waals surface area (Å²) < 4.78 is 21.4. The predicted octanol–water partition coefficient (Wildman–Crippen LogP) is 2.56. The summed E-state index contributed by atoms with van der Waals surface area (Å²) in [6, 6.07) is -1.42. The normalized spacial score (nSPS) is 12.4. The molecule has 0 aliphatic heterocycles. The summed E-state index contributed by atoms with van der Waals surface area (Å²) in [5, 5.41) is 37.9. The second kappa shape index (κ2) is 48.9. The fourth-order valence-corrected chi connectivity index (χ4v) is 7.13. The molecule has 0 fully saturated rings. The number of aliphatic carboxylic acids is 2. The van der Waals surface area contributed by atoms with Crippen LogP contribution in [0.2, 0.25) is 0 Å². The first kappa shape index (κ1) is 71.9. The number of thioether (sulfide) groups is 1. The molecule has 4 amide bonds. The number of aliphatic hydroxyl groups is 1. The van der Waals surface area contributed by atoms with E-state index in [1.807, 2.05) is 6.92 Å². The Morgan fingerprint density at radius 2 is 1.08 bits per heavy atom. The molecule has 0 rings (SSSR count). The van der Waals surface area contributed by atoms with E-state index in [4.69, 9.17) is 29.8 Å². The van der Waals surface area contributed by atoms with Crippen molar-refractivity contribution in [3.05, 3.63) is 0 Å². The number of ether oxygens (including phenoxy) is 4. The summed E-state index contributed by atoms with van der Waals surface area (Å²) in [6.07, 6.45) is 8.63. The lowest BCUT2D eigenvalue weighted by molar-refractivity contribution is -0.142. The van der Waals surface area contributed by atoms with Gasteiger partial charge in [-0.1, -0.05) is 52.9 Å². The Bertz CT molecular complexity index is 1550. The molecule has 418 valence electrons. The molecule has 0 aromatic rings. The highest BCUT2D eigenvalue weighted by Crippen LogP contribution is 2.18. The van der Waals surface area contributed by atoms with Gasteiger partial charge in [-0.05, 0) is 52.9 Å². The van der Waals surface area contributed by atoms with Crippen molar-refractivity contribution >= 4 is 70.5 Å². The number of rotatable bonds is 47. The third-order valence-electron chi connectivity index (χ3n) is 10.6. The molecule has 22 nitrogen and oxygen atoms in total. The number of nitrogens with one attached hydrogen (secondary N) is 4. The van der Waals surface area contributed by atoms with Gasteiger partial charge in [-0.25, -0.2) is 4.79 Å². The molecule has 0 unspecified atom stereocenters. The lowest BCUT2D eigenvalue weighted by atomic mass is 9.92. The molecule has 9 N–H and O–H groups in total. The quantitative estimate of drug-likeness (QED) is 0.0406. The van der Waals surface area contributed by atoms with Gasteiger partial charge >= 0.3 is 11.9 Å². The van der Waals surface area contributed by atoms with Crippen LogP contribution in [-0.4, -0.2) is 177 Å². The molecule has 0 saturated heterocycles. The summed E-state index contributed by atoms with van der Waals surface area (Å²) >= 11 is 1.31. The highest BCUT2D eigenvalue weighted by Gasteiger charge is 2.24. The molecule has 4 atom stereocenters. The van der Waals surface area contributed by atoms with E-state index in [2.05, 4.69) is 21.3 Å². The maximum absolute atomic E-state index is 12.5. The van der Waals surface area contributed by atoms with Crippen molar-refractivity contribution in [3.63, 3.8) is 0 Å². The molecule has 0 aromatic carbocycles. The lowest BCUT2D eigenvalue weighted by Crippen LogP contribution is -2.41. The van der Waals surface area contributed by atoms with Crippen LogP contribution < -0.4 is 27.0 Å². The molecular formula is C49H89N5O17S. The van der Waals surface area contributed by atoms with Gasteiger partial charge in [0.2, 0.25) is 23.6 Å². The summed E-state index contributed by atoms with van der Waals surface area (Å²) in [5.74, 6) is -4.14. The molecule has 0 spiro atoms. The van der Waals surface area contributed by atoms with Gasteiger partial charge in [-0.3, -0.25) is 43.2 Å². The van der Waals surface area contributed by atoms with Gasteiger partial charge in [0.1, 0.15) is 42.4 Å². The van der Waals surface area contributed by atoms with E-state index in [1.165, 1.54) is 25.6 Å². The first-order valence-corrected chi connectivity index (χ1v) is 25.8. The van der Waals surface area contributed by atoms with Crippen molar-refractivity contribution in [2.75, 3.05) is 90.6 Å². The maximum atomic E-state index is 12.5. The Morgan fingerprint density at radius 3 is 1.58 bits per heavy atom. The molecule has 0 saturated carbocycles. The van der Waals surface area contributed by atoms with Gasteiger partial charge in [0.15, 0.2) is 0 Å². The number of Topliss-reactive ketones (excluding diaryl/α,β-unsaturated/α-hetero) is 4. The van der Waals surface area contributed by atoms with E-state index in [9.17, 15) is 58.2 Å². The number of carboxylic acids is 2. The number of aliphatic hydroxyl groups excluding tert-OH is 1. The van der Waals surface area contributed by atoms with E-state index in [-0.39, 0.29) is 190 Å². The molecule has 72 heavy (non-hydrogen) atoms. The van der Waals surface area contributed by atoms with Crippen molar-refractivity contribution in [2.24, 2.45) is 17.6 Å². The summed E-state index contributed by atoms with van der Waals surface area (Å²) in [7, 11) is 0. The maximum Gasteiger partial charge on any atom is 0.326 e. The third kappa shape index (κ3) is 46.7. The molecule has 0 aliphatic rings. The first-order valence-electron chi connectivity index (χ1n) is 24.7. The van der Waals surface area contributed by atoms with Gasteiger partial charge in [0.05, 0.1) is 51.4 Å². The van der Waals surface area contributed by atoms with E-state index in [1.54, 1.807) is 6.92 Å². The highest BCUT2D eigenvalue weighted by atomic mass is 32.2. The second-order valence-corrected chi connectivity index (χ2v) is 18.0. The number of unbranched alkanes of at least 4 members (excludes halogenated alkanes) is 7. The number of carbonyl (C=O) groups excluding carboxylic acids is 8. The zero-order valence-corrected chi connectivity index (χ0v) is 43.4. The van der Waals surface area contributed by atoms with E-state index >= 15 is 0 Å². The molecule has 0 bridgehead atoms. The second-order valence-electron chi connectivity index (χ2n) is 16.9. The topological polar surface area (TPSA) is 342 Å². The molecular weight excluding hydrogens is 963 g/mol. The molecule has 0 aromatic heterocycles. The minimum absolute atomic E-state index is 0. The van der Waals surface area contributed by atoms with Gasteiger partial charge in [-0.15, -0.1) is 0 Å². The van der Waals surface area contributed by atoms with Crippen molar-refractivity contribution in [1.29, 1.82) is 0 Å². The van der Waals surface area contributed by atoms with Crippen LogP contribution in [0.15, 0.2) is 0 Å². The van der Waals surface area contributed by atoms with Gasteiger partial charge in [-0.2, -0.15) is 11.8 Å². The number of amides is 4. The van der Waals surface area contributed by atoms with Gasteiger partial charge in [0.25, 0.3) is 0 Å². The van der Waals surface area contributed by atoms with Crippen LogP contribution in [0.1, 0.15) is 138 Å². The summed E-state index contributed by atoms with van der Waals surface area (Å²) in [5.41, 5.74) is 5.09. The summed E-state index contributed by atoms with van der Waals surface area (Å²) in [4.78, 5) is 117. The van der Waals surface area contributed by atoms with Crippen LogP contribution in [-0.2, 0) is 66.9 Å². The number of ketones is 4. The SMILES string of the molecule is C.CC(=O)[C@H](C)N.CC[C@@H](CSCC(=O)NCCNC(=O)COCCOCCNC(=O)COCCOCCCC(=O)CC[C@H](NC(=O)CCCCCCCCCCC(=O)O)C(=O)O)C(=O)C[C@@H](CO)C(C)=O. The number of hydrogen-bond acceptors (Lipinski definition) is 17. The van der Waals surface area contributed by atoms with E-state index in [0.29, 0.717) is 31.4 Å². The van der Waals surface area contributed by atoms with Crippen LogP contribution in [0.25, 0.3) is 0 Å². The van der Waals surface area contributed by atoms with Crippen molar-refractivity contribution in [1.82, 2.24) is 21.3 Å². The zero-order valence-electron chi connectivity index (χ0n) is 42.6. The zero-order chi connectivity index (χ0) is 53.7. The number of carbonyl (C=O) groups is 10. The predicted molar refractivity (Wildman–Crippen MR) is 272 cm³/mol. The van der Waals surface area contributed by atoms with Crippen LogP contribution >= 0.6 is 11.8 Å². The van der Waals surface area contributed by atoms with Crippen molar-refractivity contribution in [3.8, 4) is 0 Å². The Balaban J connectivity index is -0.00000636. The first-order chi connectivity index (χ1) is 33.8. The van der Waals surface area contributed by atoms with E-state index in [0.717, 1.165) is 38.5 Å². The molecule has 0 radical (unpaired) electrons.